The first-order chi connectivity index (χ1) is 14.4. The molecule has 1 aliphatic rings. The Morgan fingerprint density at radius 3 is 2.70 bits per heavy atom. The molecule has 0 atom stereocenters. The second-order valence-corrected chi connectivity index (χ2v) is 7.72. The number of nitrogens with zero attached hydrogens (tertiary/aromatic N) is 3. The van der Waals surface area contributed by atoms with Gasteiger partial charge in [0.1, 0.15) is 28.4 Å². The van der Waals surface area contributed by atoms with Crippen LogP contribution in [-0.2, 0) is 17.7 Å². The van der Waals surface area contributed by atoms with E-state index in [4.69, 9.17) is 14.5 Å². The molecule has 0 unspecified atom stereocenters. The molecule has 1 aromatic heterocycles. The molecule has 0 saturated carbocycles. The highest BCUT2D eigenvalue weighted by molar-refractivity contribution is 6.11. The lowest BCUT2D eigenvalue weighted by molar-refractivity contribution is 0.0826. The van der Waals surface area contributed by atoms with Crippen LogP contribution in [-0.4, -0.2) is 54.8 Å². The summed E-state index contributed by atoms with van der Waals surface area (Å²) in [4.78, 5) is 19.7. The molecule has 2 heterocycles. The number of aryl methyl sites for hydroxylation is 1. The van der Waals surface area contributed by atoms with Crippen LogP contribution >= 0.6 is 0 Å². The summed E-state index contributed by atoms with van der Waals surface area (Å²) >= 11 is 0. The summed E-state index contributed by atoms with van der Waals surface area (Å²) in [5, 5.41) is 0. The molecule has 0 fully saturated rings. The number of benzene rings is 2. The van der Waals surface area contributed by atoms with Crippen molar-refractivity contribution in [1.29, 1.82) is 0 Å². The monoisotopic (exact) mass is 411 g/mol. The third kappa shape index (κ3) is 3.33. The van der Waals surface area contributed by atoms with Crippen molar-refractivity contribution in [3.05, 3.63) is 47.0 Å². The van der Waals surface area contributed by atoms with Crippen LogP contribution in [0.3, 0.4) is 0 Å². The smallest absolute Gasteiger partial charge is 0.254 e. The van der Waals surface area contributed by atoms with E-state index in [0.717, 1.165) is 46.6 Å². The fourth-order valence-electron chi connectivity index (χ4n) is 4.13. The van der Waals surface area contributed by atoms with Gasteiger partial charge < -0.3 is 18.9 Å². The third-order valence-electron chi connectivity index (χ3n) is 5.53. The minimum absolute atomic E-state index is 0.109. The summed E-state index contributed by atoms with van der Waals surface area (Å²) in [7, 11) is 5.14. The molecule has 1 aliphatic heterocycles. The number of ether oxygens (including phenoxy) is 2. The van der Waals surface area contributed by atoms with E-state index in [0.29, 0.717) is 30.8 Å². The molecule has 0 aliphatic carbocycles. The van der Waals surface area contributed by atoms with Crippen molar-refractivity contribution in [3.8, 4) is 16.9 Å². The zero-order chi connectivity index (χ0) is 21.4. The van der Waals surface area contributed by atoms with Gasteiger partial charge in [0.25, 0.3) is 5.91 Å². The maximum atomic E-state index is 13.7. The highest BCUT2D eigenvalue weighted by atomic mass is 19.1. The van der Waals surface area contributed by atoms with E-state index in [1.165, 1.54) is 12.1 Å². The van der Waals surface area contributed by atoms with E-state index < -0.39 is 0 Å². The van der Waals surface area contributed by atoms with Gasteiger partial charge in [0, 0.05) is 38.9 Å². The van der Waals surface area contributed by atoms with Gasteiger partial charge in [0.2, 0.25) is 0 Å². The van der Waals surface area contributed by atoms with E-state index in [1.54, 1.807) is 38.2 Å². The van der Waals surface area contributed by atoms with Gasteiger partial charge in [-0.25, -0.2) is 9.37 Å². The van der Waals surface area contributed by atoms with Crippen molar-refractivity contribution < 1.29 is 18.7 Å². The van der Waals surface area contributed by atoms with Crippen molar-refractivity contribution in [1.82, 2.24) is 14.5 Å². The molecule has 3 aromatic rings. The van der Waals surface area contributed by atoms with Gasteiger partial charge in [-0.3, -0.25) is 4.79 Å². The summed E-state index contributed by atoms with van der Waals surface area (Å²) in [6, 6.07) is 6.23. The quantitative estimate of drug-likeness (QED) is 0.640. The van der Waals surface area contributed by atoms with Gasteiger partial charge in [-0.2, -0.15) is 0 Å². The first-order valence-electron chi connectivity index (χ1n) is 10.1. The Morgan fingerprint density at radius 2 is 2.03 bits per heavy atom. The van der Waals surface area contributed by atoms with Crippen LogP contribution in [0.15, 0.2) is 24.3 Å². The number of rotatable bonds is 5. The summed E-state index contributed by atoms with van der Waals surface area (Å²) < 4.78 is 27.2. The maximum Gasteiger partial charge on any atom is 0.254 e. The summed E-state index contributed by atoms with van der Waals surface area (Å²) in [5.74, 6) is 1.11. The van der Waals surface area contributed by atoms with Crippen LogP contribution in [0, 0.1) is 12.7 Å². The Kier molecular flexibility index (Phi) is 5.47. The average molecular weight is 411 g/mol. The largest absolute Gasteiger partial charge is 0.491 e. The first kappa shape index (κ1) is 20.3. The molecule has 7 heteroatoms. The summed E-state index contributed by atoms with van der Waals surface area (Å²) in [6.45, 7) is 3.69. The van der Waals surface area contributed by atoms with Gasteiger partial charge in [-0.15, -0.1) is 0 Å². The molecule has 1 amide bonds. The second kappa shape index (κ2) is 8.07. The molecular weight excluding hydrogens is 385 g/mol. The number of imidazole rings is 1. The van der Waals surface area contributed by atoms with Crippen LogP contribution in [0.4, 0.5) is 4.39 Å². The van der Waals surface area contributed by atoms with Crippen molar-refractivity contribution in [2.75, 3.05) is 34.4 Å². The standard InChI is InChI=1S/C23H26FN3O3/c1-14-25-20-18(15-7-9-16(24)10-8-15)19(23(28)26(2)3)17-6-5-12-30-22(17)21(20)27(14)11-13-29-4/h7-10H,5-6,11-13H2,1-4H3. The van der Waals surface area contributed by atoms with Gasteiger partial charge >= 0.3 is 0 Å². The second-order valence-electron chi connectivity index (χ2n) is 7.72. The normalized spacial score (nSPS) is 13.2. The number of fused-ring (bicyclic) bond motifs is 3. The molecule has 6 nitrogen and oxygen atoms in total. The molecule has 0 spiro atoms. The lowest BCUT2D eigenvalue weighted by Crippen LogP contribution is -2.26. The number of aromatic nitrogens is 2. The number of carbonyl (C=O) groups is 1. The minimum Gasteiger partial charge on any atom is -0.491 e. The van der Waals surface area contributed by atoms with Crippen LogP contribution in [0.1, 0.15) is 28.2 Å². The lowest BCUT2D eigenvalue weighted by Gasteiger charge is -2.26. The summed E-state index contributed by atoms with van der Waals surface area (Å²) in [5.41, 5.74) is 4.54. The topological polar surface area (TPSA) is 56.6 Å². The Labute approximate surface area is 175 Å². The molecule has 158 valence electrons. The zero-order valence-electron chi connectivity index (χ0n) is 17.8. The third-order valence-corrected chi connectivity index (χ3v) is 5.53. The summed E-state index contributed by atoms with van der Waals surface area (Å²) in [6.07, 6.45) is 1.57. The van der Waals surface area contributed by atoms with Crippen LogP contribution in [0.25, 0.3) is 22.2 Å². The number of carbonyl (C=O) groups excluding carboxylic acids is 1. The SMILES string of the molecule is COCCn1c(C)nc2c(-c3ccc(F)cc3)c(C(=O)N(C)C)c3c(c21)OCCC3. The van der Waals surface area contributed by atoms with E-state index in [1.807, 2.05) is 6.92 Å². The van der Waals surface area contributed by atoms with Crippen LogP contribution in [0.2, 0.25) is 0 Å². The van der Waals surface area contributed by atoms with Crippen molar-refractivity contribution in [2.24, 2.45) is 0 Å². The fourth-order valence-corrected chi connectivity index (χ4v) is 4.13. The molecule has 30 heavy (non-hydrogen) atoms. The van der Waals surface area contributed by atoms with Crippen LogP contribution < -0.4 is 4.74 Å². The highest BCUT2D eigenvalue weighted by Gasteiger charge is 2.31. The van der Waals surface area contributed by atoms with Gasteiger partial charge in [-0.05, 0) is 37.5 Å². The van der Waals surface area contributed by atoms with E-state index in [2.05, 4.69) is 4.57 Å². The van der Waals surface area contributed by atoms with E-state index in [-0.39, 0.29) is 11.7 Å². The number of amides is 1. The predicted molar refractivity (Wildman–Crippen MR) is 114 cm³/mol. The number of hydrogen-bond donors (Lipinski definition) is 0. The highest BCUT2D eigenvalue weighted by Crippen LogP contribution is 2.44. The molecule has 2 aromatic carbocycles. The van der Waals surface area contributed by atoms with Crippen molar-refractivity contribution in [2.45, 2.75) is 26.3 Å². The number of methoxy groups -OCH3 is 1. The van der Waals surface area contributed by atoms with Crippen molar-refractivity contribution >= 4 is 16.9 Å². The van der Waals surface area contributed by atoms with Gasteiger partial charge in [0.05, 0.1) is 18.8 Å². The molecule has 0 radical (unpaired) electrons. The molecule has 0 bridgehead atoms. The Balaban J connectivity index is 2.13. The predicted octanol–water partition coefficient (Wildman–Crippen LogP) is 3.82. The Hall–Kier alpha value is -2.93. The number of halogens is 1. The maximum absolute atomic E-state index is 13.7. The average Bonchev–Trinajstić information content (AvgIpc) is 3.07. The molecule has 4 rings (SSSR count). The van der Waals surface area contributed by atoms with Crippen LogP contribution in [0.5, 0.6) is 5.75 Å². The van der Waals surface area contributed by atoms with Crippen molar-refractivity contribution in [3.63, 3.8) is 0 Å². The minimum atomic E-state index is -0.321. The molecule has 0 saturated heterocycles. The van der Waals surface area contributed by atoms with E-state index in [9.17, 15) is 9.18 Å². The zero-order valence-corrected chi connectivity index (χ0v) is 17.8. The lowest BCUT2D eigenvalue weighted by atomic mass is 9.89. The van der Waals surface area contributed by atoms with E-state index >= 15 is 0 Å². The Bertz CT molecular complexity index is 1100. The molecule has 0 N–H and O–H groups in total. The first-order valence-corrected chi connectivity index (χ1v) is 10.1. The number of hydrogen-bond acceptors (Lipinski definition) is 4. The van der Waals surface area contributed by atoms with Gasteiger partial charge in [-0.1, -0.05) is 12.1 Å². The fraction of sp³-hybridized carbons (Fsp3) is 0.391. The Morgan fingerprint density at radius 1 is 1.30 bits per heavy atom. The van der Waals surface area contributed by atoms with Gasteiger partial charge in [0.15, 0.2) is 0 Å². The molecular formula is C23H26FN3O3.